The molecule has 0 amide bonds. The topological polar surface area (TPSA) is 26.3 Å². The van der Waals surface area contributed by atoms with Gasteiger partial charge in [-0.25, -0.2) is 0 Å². The van der Waals surface area contributed by atoms with Gasteiger partial charge in [-0.1, -0.05) is 53.7 Å². The Kier molecular flexibility index (Phi) is 6.13. The van der Waals surface area contributed by atoms with Gasteiger partial charge in [0.1, 0.15) is 5.78 Å². The van der Waals surface area contributed by atoms with Gasteiger partial charge < -0.3 is 4.74 Å². The van der Waals surface area contributed by atoms with Crippen molar-refractivity contribution in [1.29, 1.82) is 0 Å². The lowest BCUT2D eigenvalue weighted by Crippen LogP contribution is -2.64. The summed E-state index contributed by atoms with van der Waals surface area (Å²) in [6, 6.07) is 0. The number of hydrogen-bond acceptors (Lipinski definition) is 2. The number of Topliss-reactive ketones (excluding diaryl/α,β-unsaturated/α-hetero) is 1. The van der Waals surface area contributed by atoms with Crippen molar-refractivity contribution in [3.05, 3.63) is 12.2 Å². The second kappa shape index (κ2) is 7.94. The van der Waals surface area contributed by atoms with Crippen LogP contribution in [0.25, 0.3) is 0 Å². The SMILES string of the molecule is COC(C)(C)C=CC[C@]1(C)CC[C@]2(C)[C@H]3CC[C@@]4(C)[C@@H](CCC(=O)[C@@H]4C)[C@]3(C)CC[C@@]2(C)C1. The van der Waals surface area contributed by atoms with Gasteiger partial charge in [-0.3, -0.25) is 4.79 Å². The van der Waals surface area contributed by atoms with Crippen LogP contribution in [0.2, 0.25) is 0 Å². The molecule has 0 aromatic carbocycles. The average molecular weight is 457 g/mol. The molecule has 2 heteroatoms. The van der Waals surface area contributed by atoms with Crippen molar-refractivity contribution in [2.75, 3.05) is 7.11 Å². The minimum Gasteiger partial charge on any atom is -0.375 e. The third-order valence-electron chi connectivity index (χ3n) is 12.6. The van der Waals surface area contributed by atoms with E-state index in [0.29, 0.717) is 33.4 Å². The summed E-state index contributed by atoms with van der Waals surface area (Å²) in [4.78, 5) is 12.7. The van der Waals surface area contributed by atoms with Gasteiger partial charge >= 0.3 is 0 Å². The number of rotatable bonds is 4. The van der Waals surface area contributed by atoms with Gasteiger partial charge in [0.25, 0.3) is 0 Å². The first-order valence-electron chi connectivity index (χ1n) is 13.9. The molecule has 33 heavy (non-hydrogen) atoms. The van der Waals surface area contributed by atoms with E-state index in [0.717, 1.165) is 25.2 Å². The highest BCUT2D eigenvalue weighted by molar-refractivity contribution is 5.82. The van der Waals surface area contributed by atoms with Crippen LogP contribution in [0.3, 0.4) is 0 Å². The van der Waals surface area contributed by atoms with E-state index in [-0.39, 0.29) is 16.9 Å². The van der Waals surface area contributed by atoms with Crippen LogP contribution in [0.15, 0.2) is 12.2 Å². The first kappa shape index (κ1) is 25.5. The molecule has 188 valence electrons. The van der Waals surface area contributed by atoms with Gasteiger partial charge in [0, 0.05) is 19.4 Å². The van der Waals surface area contributed by atoms with E-state index < -0.39 is 0 Å². The maximum Gasteiger partial charge on any atom is 0.136 e. The van der Waals surface area contributed by atoms with Crippen LogP contribution in [-0.4, -0.2) is 18.5 Å². The van der Waals surface area contributed by atoms with Crippen molar-refractivity contribution in [1.82, 2.24) is 0 Å². The Labute approximate surface area is 204 Å². The smallest absolute Gasteiger partial charge is 0.136 e. The molecule has 0 heterocycles. The van der Waals surface area contributed by atoms with Crippen molar-refractivity contribution in [2.45, 2.75) is 125 Å². The zero-order valence-corrected chi connectivity index (χ0v) is 23.3. The Bertz CT molecular complexity index is 812. The first-order chi connectivity index (χ1) is 15.1. The molecule has 8 atom stereocenters. The molecule has 4 saturated carbocycles. The largest absolute Gasteiger partial charge is 0.375 e. The van der Waals surface area contributed by atoms with Gasteiger partial charge in [0.2, 0.25) is 0 Å². The lowest BCUT2D eigenvalue weighted by atomic mass is 9.33. The van der Waals surface area contributed by atoms with Crippen LogP contribution < -0.4 is 0 Å². The van der Waals surface area contributed by atoms with Gasteiger partial charge in [-0.15, -0.1) is 0 Å². The minimum atomic E-state index is -0.177. The predicted octanol–water partition coefficient (Wildman–Crippen LogP) is 8.39. The van der Waals surface area contributed by atoms with Gasteiger partial charge in [0.05, 0.1) is 5.60 Å². The van der Waals surface area contributed by atoms with E-state index in [9.17, 15) is 4.79 Å². The number of methoxy groups -OCH3 is 1. The number of carbonyl (C=O) groups is 1. The van der Waals surface area contributed by atoms with E-state index in [1.165, 1.54) is 44.9 Å². The molecule has 4 fully saturated rings. The van der Waals surface area contributed by atoms with E-state index in [2.05, 4.69) is 67.5 Å². The van der Waals surface area contributed by atoms with E-state index in [1.807, 2.05) is 0 Å². The Morgan fingerprint density at radius 1 is 0.939 bits per heavy atom. The molecule has 0 aromatic rings. The molecule has 4 rings (SSSR count). The fraction of sp³-hybridized carbons (Fsp3) is 0.903. The Hall–Kier alpha value is -0.630. The van der Waals surface area contributed by atoms with Gasteiger partial charge in [-0.05, 0) is 111 Å². The molecular formula is C31H52O2. The lowest BCUT2D eigenvalue weighted by Gasteiger charge is -2.72. The van der Waals surface area contributed by atoms with Crippen LogP contribution in [-0.2, 0) is 9.53 Å². The predicted molar refractivity (Wildman–Crippen MR) is 138 cm³/mol. The molecule has 0 radical (unpaired) electrons. The summed E-state index contributed by atoms with van der Waals surface area (Å²) in [5.74, 6) is 2.29. The van der Waals surface area contributed by atoms with E-state index in [4.69, 9.17) is 4.74 Å². The number of hydrogen-bond donors (Lipinski definition) is 0. The Morgan fingerprint density at radius 3 is 2.30 bits per heavy atom. The summed E-state index contributed by atoms with van der Waals surface area (Å²) in [5.41, 5.74) is 1.65. The third-order valence-corrected chi connectivity index (χ3v) is 12.6. The molecule has 0 saturated heterocycles. The summed E-state index contributed by atoms with van der Waals surface area (Å²) >= 11 is 0. The van der Waals surface area contributed by atoms with Crippen molar-refractivity contribution >= 4 is 5.78 Å². The van der Waals surface area contributed by atoms with Crippen molar-refractivity contribution < 1.29 is 9.53 Å². The molecule has 2 nitrogen and oxygen atoms in total. The molecule has 4 aliphatic carbocycles. The van der Waals surface area contributed by atoms with Gasteiger partial charge in [-0.2, -0.15) is 0 Å². The quantitative estimate of drug-likeness (QED) is 0.397. The molecule has 0 aromatic heterocycles. The monoisotopic (exact) mass is 456 g/mol. The second-order valence-electron chi connectivity index (χ2n) is 14.8. The molecule has 0 N–H and O–H groups in total. The molecule has 0 aliphatic heterocycles. The van der Waals surface area contributed by atoms with Crippen LogP contribution in [0, 0.1) is 44.8 Å². The zero-order chi connectivity index (χ0) is 24.5. The normalized spacial score (nSPS) is 50.6. The highest BCUT2D eigenvalue weighted by Crippen LogP contribution is 2.75. The van der Waals surface area contributed by atoms with Crippen molar-refractivity contribution in [2.24, 2.45) is 44.8 Å². The van der Waals surface area contributed by atoms with Crippen LogP contribution in [0.4, 0.5) is 0 Å². The number of fused-ring (bicyclic) bond motifs is 5. The van der Waals surface area contributed by atoms with E-state index >= 15 is 0 Å². The highest BCUT2D eigenvalue weighted by atomic mass is 16.5. The Morgan fingerprint density at radius 2 is 1.64 bits per heavy atom. The fourth-order valence-corrected chi connectivity index (χ4v) is 9.88. The maximum absolute atomic E-state index is 12.7. The number of ketones is 1. The lowest BCUT2D eigenvalue weighted by molar-refractivity contribution is -0.225. The molecule has 0 unspecified atom stereocenters. The minimum absolute atomic E-state index is 0.177. The average Bonchev–Trinajstić information content (AvgIpc) is 2.73. The molecule has 4 aliphatic rings. The summed E-state index contributed by atoms with van der Waals surface area (Å²) in [6.07, 6.45) is 17.1. The number of carbonyl (C=O) groups excluding carboxylic acids is 1. The van der Waals surface area contributed by atoms with Crippen LogP contribution >= 0.6 is 0 Å². The molecule has 0 bridgehead atoms. The fourth-order valence-electron chi connectivity index (χ4n) is 9.88. The summed E-state index contributed by atoms with van der Waals surface area (Å²) in [7, 11) is 1.80. The second-order valence-corrected chi connectivity index (χ2v) is 14.8. The van der Waals surface area contributed by atoms with Crippen LogP contribution in [0.1, 0.15) is 120 Å². The maximum atomic E-state index is 12.7. The highest BCUT2D eigenvalue weighted by Gasteiger charge is 2.67. The molecule has 0 spiro atoms. The molecular weight excluding hydrogens is 404 g/mol. The summed E-state index contributed by atoms with van der Waals surface area (Å²) < 4.78 is 5.61. The Balaban J connectivity index is 1.58. The summed E-state index contributed by atoms with van der Waals surface area (Å²) in [6.45, 7) is 19.5. The van der Waals surface area contributed by atoms with Crippen LogP contribution in [0.5, 0.6) is 0 Å². The number of ether oxygens (including phenoxy) is 1. The standard InChI is InChI=1S/C31H52O2/c1-22-23(32)11-12-24-29(22,6)16-13-25-30(24,7)19-18-28(5)21-27(4,17-20-31(25,28)8)15-10-14-26(2,3)33-9/h10,14,22,24-25H,11-13,15-21H2,1-9H3/t22-,24+,25-,27+,28-,29+,30-,31+/m0/s1. The summed E-state index contributed by atoms with van der Waals surface area (Å²) in [5, 5.41) is 0. The zero-order valence-electron chi connectivity index (χ0n) is 23.3. The van der Waals surface area contributed by atoms with E-state index in [1.54, 1.807) is 7.11 Å². The van der Waals surface area contributed by atoms with Crippen molar-refractivity contribution in [3.8, 4) is 0 Å². The van der Waals surface area contributed by atoms with Gasteiger partial charge in [0.15, 0.2) is 0 Å². The van der Waals surface area contributed by atoms with Crippen molar-refractivity contribution in [3.63, 3.8) is 0 Å². The third kappa shape index (κ3) is 3.80. The number of allylic oxidation sites excluding steroid dienone is 1. The first-order valence-corrected chi connectivity index (χ1v) is 13.9.